The summed E-state index contributed by atoms with van der Waals surface area (Å²) in [6.45, 7) is 4.97. The van der Waals surface area contributed by atoms with E-state index in [0.717, 1.165) is 73.2 Å². The van der Waals surface area contributed by atoms with Crippen molar-refractivity contribution in [2.75, 3.05) is 68.6 Å². The summed E-state index contributed by atoms with van der Waals surface area (Å²) in [5.74, 6) is 3.86. The Morgan fingerprint density at radius 2 is 1.52 bits per heavy atom. The Kier molecular flexibility index (Phi) is 8.16. The van der Waals surface area contributed by atoms with Crippen LogP contribution in [0.3, 0.4) is 0 Å². The Hall–Kier alpha value is -3.62. The molecule has 0 amide bonds. The molecule has 8 heteroatoms. The first-order valence-electron chi connectivity index (χ1n) is 14.6. The fourth-order valence-corrected chi connectivity index (χ4v) is 6.01. The molecule has 2 heterocycles. The van der Waals surface area contributed by atoms with Crippen molar-refractivity contribution in [2.45, 2.75) is 25.7 Å². The molecule has 2 N–H and O–H groups in total. The van der Waals surface area contributed by atoms with Gasteiger partial charge in [-0.15, -0.1) is 0 Å². The molecule has 1 saturated carbocycles. The van der Waals surface area contributed by atoms with E-state index in [2.05, 4.69) is 83.2 Å². The molecule has 40 heavy (non-hydrogen) atoms. The number of morpholine rings is 1. The lowest BCUT2D eigenvalue weighted by Gasteiger charge is -2.30. The van der Waals surface area contributed by atoms with Crippen LogP contribution in [0, 0.1) is 11.8 Å². The van der Waals surface area contributed by atoms with Gasteiger partial charge in [-0.2, -0.15) is 10.5 Å². The lowest BCUT2D eigenvalue weighted by atomic mass is 9.82. The lowest BCUT2D eigenvalue weighted by molar-refractivity contribution is 0.122. The van der Waals surface area contributed by atoms with E-state index in [9.17, 15) is 0 Å². The van der Waals surface area contributed by atoms with Gasteiger partial charge in [0.25, 0.3) is 0 Å². The predicted octanol–water partition coefficient (Wildman–Crippen LogP) is 5.49. The first kappa shape index (κ1) is 26.6. The lowest BCUT2D eigenvalue weighted by Crippen LogP contribution is -2.37. The van der Waals surface area contributed by atoms with Gasteiger partial charge in [0.05, 0.1) is 18.7 Å². The van der Waals surface area contributed by atoms with E-state index in [-0.39, 0.29) is 0 Å². The van der Waals surface area contributed by atoms with Crippen molar-refractivity contribution in [2.24, 2.45) is 11.8 Å². The minimum atomic E-state index is 0.619. The largest absolute Gasteiger partial charge is 0.408 e. The molecule has 6 rings (SSSR count). The Morgan fingerprint density at radius 1 is 0.825 bits per heavy atom. The van der Waals surface area contributed by atoms with Crippen molar-refractivity contribution in [1.29, 1.82) is 0 Å². The van der Waals surface area contributed by atoms with Crippen LogP contribution in [0.1, 0.15) is 25.7 Å². The molecule has 0 spiro atoms. The second-order valence-corrected chi connectivity index (χ2v) is 11.2. The summed E-state index contributed by atoms with van der Waals surface area (Å²) in [7, 11) is 4.15. The van der Waals surface area contributed by atoms with Crippen molar-refractivity contribution in [3.8, 4) is 5.75 Å². The Morgan fingerprint density at radius 3 is 2.33 bits per heavy atom. The maximum absolute atomic E-state index is 6.08. The summed E-state index contributed by atoms with van der Waals surface area (Å²) in [6.07, 6.45) is 4.79. The van der Waals surface area contributed by atoms with Crippen molar-refractivity contribution in [3.05, 3.63) is 60.7 Å². The number of hydrogen-bond acceptors (Lipinski definition) is 8. The van der Waals surface area contributed by atoms with E-state index in [1.54, 1.807) is 0 Å². The maximum atomic E-state index is 6.08. The molecule has 3 aromatic carbocycles. The summed E-state index contributed by atoms with van der Waals surface area (Å²) in [5, 5.41) is 7.00. The summed E-state index contributed by atoms with van der Waals surface area (Å²) in [6, 6.07) is 20.9. The minimum Gasteiger partial charge on any atom is -0.408 e. The van der Waals surface area contributed by atoms with E-state index >= 15 is 0 Å². The Labute approximate surface area is 236 Å². The number of para-hydroxylation sites is 1. The number of benzene rings is 3. The van der Waals surface area contributed by atoms with E-state index in [1.807, 2.05) is 12.1 Å². The van der Waals surface area contributed by atoms with Crippen molar-refractivity contribution < 1.29 is 9.57 Å². The highest BCUT2D eigenvalue weighted by atomic mass is 16.6. The van der Waals surface area contributed by atoms with E-state index < -0.39 is 0 Å². The third-order valence-electron chi connectivity index (χ3n) is 8.30. The molecule has 1 aliphatic carbocycles. The molecule has 1 aromatic heterocycles. The van der Waals surface area contributed by atoms with Crippen molar-refractivity contribution in [3.63, 3.8) is 0 Å². The first-order valence-corrected chi connectivity index (χ1v) is 14.6. The van der Waals surface area contributed by atoms with Crippen LogP contribution < -0.4 is 25.4 Å². The maximum Gasteiger partial charge on any atom is 0.225 e. The van der Waals surface area contributed by atoms with Crippen LogP contribution in [0.4, 0.5) is 17.5 Å². The van der Waals surface area contributed by atoms with Crippen LogP contribution in [0.15, 0.2) is 60.7 Å². The minimum absolute atomic E-state index is 0.619. The number of ether oxygens (including phenoxy) is 1. The number of hydrogen-bond donors (Lipinski definition) is 2. The van der Waals surface area contributed by atoms with Gasteiger partial charge in [0.1, 0.15) is 5.82 Å². The molecule has 1 saturated heterocycles. The zero-order valence-electron chi connectivity index (χ0n) is 23.6. The highest BCUT2D eigenvalue weighted by Crippen LogP contribution is 2.33. The third kappa shape index (κ3) is 5.93. The zero-order valence-corrected chi connectivity index (χ0v) is 23.6. The summed E-state index contributed by atoms with van der Waals surface area (Å²) >= 11 is 0. The quantitative estimate of drug-likeness (QED) is 0.270. The number of nitrogens with zero attached hydrogens (tertiary/aromatic N) is 4. The van der Waals surface area contributed by atoms with Gasteiger partial charge in [-0.3, -0.25) is 0 Å². The normalized spacial score (nSPS) is 19.6. The molecule has 4 aromatic rings. The molecule has 210 valence electrons. The van der Waals surface area contributed by atoms with Crippen LogP contribution in [0.25, 0.3) is 21.7 Å². The number of anilines is 3. The molecular formula is C32H40N6O2. The molecule has 2 aliphatic rings. The fraction of sp³-hybridized carbons (Fsp3) is 0.438. The van der Waals surface area contributed by atoms with Gasteiger partial charge >= 0.3 is 0 Å². The number of nitrogens with one attached hydrogen (secondary N) is 2. The van der Waals surface area contributed by atoms with Gasteiger partial charge in [0.2, 0.25) is 5.95 Å². The first-order chi connectivity index (χ1) is 19.7. The molecule has 0 radical (unpaired) electrons. The van der Waals surface area contributed by atoms with Crippen LogP contribution in [0.5, 0.6) is 5.75 Å². The molecule has 1 aliphatic heterocycles. The SMILES string of the molecule is CN(C)c1cccc2c(ONC[C@H]3CC[C@H](CNc4nc(N5CCOCC5)c5ccccc5n4)CC3)cccc12. The van der Waals surface area contributed by atoms with E-state index in [0.29, 0.717) is 11.8 Å². The van der Waals surface area contributed by atoms with Crippen molar-refractivity contribution in [1.82, 2.24) is 15.4 Å². The Bertz CT molecular complexity index is 1430. The van der Waals surface area contributed by atoms with Gasteiger partial charge in [-0.25, -0.2) is 4.98 Å². The molecule has 0 atom stereocenters. The van der Waals surface area contributed by atoms with Gasteiger partial charge in [0, 0.05) is 62.1 Å². The average molecular weight is 541 g/mol. The highest BCUT2D eigenvalue weighted by molar-refractivity contribution is 5.97. The number of rotatable bonds is 9. The second-order valence-electron chi connectivity index (χ2n) is 11.2. The third-order valence-corrected chi connectivity index (χ3v) is 8.30. The number of aromatic nitrogens is 2. The molecule has 8 nitrogen and oxygen atoms in total. The standard InChI is InChI=1S/C32H40N6O2/c1-37(2)29-11-5-9-26-25(29)8-6-12-30(26)40-34-22-24-15-13-23(14-16-24)21-33-32-35-28-10-4-3-7-27(28)31(36-32)38-17-19-39-20-18-38/h3-12,23-24,34H,13-22H2,1-2H3,(H,33,35,36)/t23-,24-. The van der Waals surface area contributed by atoms with Crippen LogP contribution in [-0.4, -0.2) is 63.5 Å². The zero-order chi connectivity index (χ0) is 27.3. The smallest absolute Gasteiger partial charge is 0.225 e. The van der Waals surface area contributed by atoms with Gasteiger partial charge < -0.3 is 24.7 Å². The van der Waals surface area contributed by atoms with Crippen LogP contribution in [0.2, 0.25) is 0 Å². The molecule has 0 unspecified atom stereocenters. The van der Waals surface area contributed by atoms with Gasteiger partial charge in [0.15, 0.2) is 5.75 Å². The average Bonchev–Trinajstić information content (AvgIpc) is 3.00. The Balaban J connectivity index is 1.01. The molecular weight excluding hydrogens is 500 g/mol. The van der Waals surface area contributed by atoms with Gasteiger partial charge in [-0.05, 0) is 61.8 Å². The number of fused-ring (bicyclic) bond motifs is 2. The topological polar surface area (TPSA) is 74.8 Å². The number of hydroxylamine groups is 1. The monoisotopic (exact) mass is 540 g/mol. The summed E-state index contributed by atoms with van der Waals surface area (Å²) in [5.41, 5.74) is 5.46. The van der Waals surface area contributed by atoms with Gasteiger partial charge in [-0.1, -0.05) is 36.4 Å². The fourth-order valence-electron chi connectivity index (χ4n) is 6.01. The summed E-state index contributed by atoms with van der Waals surface area (Å²) < 4.78 is 5.56. The summed E-state index contributed by atoms with van der Waals surface area (Å²) in [4.78, 5) is 20.3. The van der Waals surface area contributed by atoms with Crippen LogP contribution >= 0.6 is 0 Å². The molecule has 0 bridgehead atoms. The highest BCUT2D eigenvalue weighted by Gasteiger charge is 2.22. The molecule has 2 fully saturated rings. The second kappa shape index (κ2) is 12.3. The van der Waals surface area contributed by atoms with E-state index in [4.69, 9.17) is 19.5 Å². The predicted molar refractivity (Wildman–Crippen MR) is 163 cm³/mol. The van der Waals surface area contributed by atoms with Crippen molar-refractivity contribution >= 4 is 39.1 Å². The van der Waals surface area contributed by atoms with Crippen LogP contribution in [-0.2, 0) is 4.74 Å². The van der Waals surface area contributed by atoms with E-state index in [1.165, 1.54) is 36.8 Å².